The molecule has 0 unspecified atom stereocenters. The molecule has 0 spiro atoms. The molecule has 0 atom stereocenters. The number of aryl methyl sites for hydroxylation is 1. The van der Waals surface area contributed by atoms with Gasteiger partial charge in [-0.2, -0.15) is 0 Å². The first-order valence-corrected chi connectivity index (χ1v) is 9.27. The second-order valence-electron chi connectivity index (χ2n) is 6.77. The molecule has 2 aromatic carbocycles. The summed E-state index contributed by atoms with van der Waals surface area (Å²) in [6.07, 6.45) is 1.73. The largest absolute Gasteiger partial charge is 0.485 e. The van der Waals surface area contributed by atoms with E-state index in [9.17, 15) is 14.0 Å². The average Bonchev–Trinajstić information content (AvgIpc) is 2.73. The van der Waals surface area contributed by atoms with Crippen molar-refractivity contribution in [3.05, 3.63) is 106 Å². The Kier molecular flexibility index (Phi) is 5.26. The van der Waals surface area contributed by atoms with Gasteiger partial charge < -0.3 is 10.1 Å². The van der Waals surface area contributed by atoms with Crippen molar-refractivity contribution in [2.24, 2.45) is 0 Å². The number of anilines is 1. The number of ether oxygens (including phenoxy) is 1. The van der Waals surface area contributed by atoms with Gasteiger partial charge in [0.05, 0.1) is 11.4 Å². The van der Waals surface area contributed by atoms with Crippen LogP contribution in [0.3, 0.4) is 0 Å². The van der Waals surface area contributed by atoms with Crippen LogP contribution in [-0.4, -0.2) is 15.3 Å². The van der Waals surface area contributed by atoms with Gasteiger partial charge in [0.1, 0.15) is 23.8 Å². The van der Waals surface area contributed by atoms with E-state index in [1.807, 2.05) is 13.0 Å². The van der Waals surface area contributed by atoms with E-state index in [-0.39, 0.29) is 17.7 Å². The summed E-state index contributed by atoms with van der Waals surface area (Å²) in [6.45, 7) is 1.95. The van der Waals surface area contributed by atoms with Crippen LogP contribution in [0, 0.1) is 12.7 Å². The van der Waals surface area contributed by atoms with Crippen LogP contribution in [0.15, 0.2) is 77.7 Å². The highest BCUT2D eigenvalue weighted by atomic mass is 19.1. The molecule has 0 saturated carbocycles. The summed E-state index contributed by atoms with van der Waals surface area (Å²) >= 11 is 0. The number of nitrogens with one attached hydrogen (secondary N) is 1. The lowest BCUT2D eigenvalue weighted by atomic mass is 10.2. The number of para-hydroxylation sites is 2. The number of nitrogens with zero attached hydrogens (tertiary/aromatic N) is 2. The van der Waals surface area contributed by atoms with Crippen molar-refractivity contribution in [3.8, 4) is 5.75 Å². The number of amides is 1. The zero-order chi connectivity index (χ0) is 21.1. The quantitative estimate of drug-likeness (QED) is 0.547. The molecular weight excluding hydrogens is 385 g/mol. The average molecular weight is 403 g/mol. The van der Waals surface area contributed by atoms with Gasteiger partial charge in [-0.15, -0.1) is 0 Å². The summed E-state index contributed by atoms with van der Waals surface area (Å²) in [4.78, 5) is 29.2. The molecule has 0 bridgehead atoms. The van der Waals surface area contributed by atoms with Crippen LogP contribution in [0.25, 0.3) is 5.65 Å². The molecule has 150 valence electrons. The molecule has 0 saturated heterocycles. The van der Waals surface area contributed by atoms with E-state index in [0.29, 0.717) is 22.8 Å². The summed E-state index contributed by atoms with van der Waals surface area (Å²) in [7, 11) is 0. The Labute approximate surface area is 171 Å². The van der Waals surface area contributed by atoms with E-state index in [1.165, 1.54) is 28.7 Å². The lowest BCUT2D eigenvalue weighted by molar-refractivity contribution is 0.102. The summed E-state index contributed by atoms with van der Waals surface area (Å²) in [6, 6.07) is 17.4. The normalized spacial score (nSPS) is 10.7. The first kappa shape index (κ1) is 19.3. The molecule has 2 aromatic heterocycles. The Morgan fingerprint density at radius 1 is 1.10 bits per heavy atom. The lowest BCUT2D eigenvalue weighted by Gasteiger charge is -2.13. The molecule has 0 fully saturated rings. The molecule has 30 heavy (non-hydrogen) atoms. The highest BCUT2D eigenvalue weighted by molar-refractivity contribution is 6.05. The third-order valence-corrected chi connectivity index (χ3v) is 4.46. The van der Waals surface area contributed by atoms with E-state index in [2.05, 4.69) is 10.3 Å². The van der Waals surface area contributed by atoms with Crippen LogP contribution in [0.4, 0.5) is 10.1 Å². The smallest absolute Gasteiger partial charge is 0.258 e. The van der Waals surface area contributed by atoms with Crippen molar-refractivity contribution in [1.82, 2.24) is 9.38 Å². The van der Waals surface area contributed by atoms with Gasteiger partial charge in [-0.05, 0) is 48.9 Å². The van der Waals surface area contributed by atoms with Gasteiger partial charge in [0.2, 0.25) is 0 Å². The van der Waals surface area contributed by atoms with Gasteiger partial charge in [-0.3, -0.25) is 14.0 Å². The molecule has 0 aliphatic heterocycles. The number of rotatable bonds is 5. The van der Waals surface area contributed by atoms with Crippen molar-refractivity contribution in [1.29, 1.82) is 0 Å². The zero-order valence-electron chi connectivity index (χ0n) is 16.1. The first-order chi connectivity index (χ1) is 14.5. The van der Waals surface area contributed by atoms with Crippen molar-refractivity contribution in [2.75, 3.05) is 5.32 Å². The minimum absolute atomic E-state index is 0.0481. The standard InChI is InChI=1S/C23H18FN3O3/c1-15-9-10-21-25-18(12-22(28)27(21)13-15)14-30-20-8-3-2-7-19(20)26-23(29)16-5-4-6-17(24)11-16/h2-13H,14H2,1H3,(H,26,29). The predicted molar refractivity (Wildman–Crippen MR) is 111 cm³/mol. The number of hydrogen-bond acceptors (Lipinski definition) is 4. The molecule has 6 nitrogen and oxygen atoms in total. The molecule has 1 N–H and O–H groups in total. The fourth-order valence-electron chi connectivity index (χ4n) is 3.00. The van der Waals surface area contributed by atoms with Gasteiger partial charge in [0.15, 0.2) is 0 Å². The van der Waals surface area contributed by atoms with Gasteiger partial charge in [0, 0.05) is 17.8 Å². The third kappa shape index (κ3) is 4.20. The number of pyridine rings is 1. The van der Waals surface area contributed by atoms with E-state index in [4.69, 9.17) is 4.74 Å². The highest BCUT2D eigenvalue weighted by Crippen LogP contribution is 2.25. The summed E-state index contributed by atoms with van der Waals surface area (Å²) in [5.41, 5.74) is 2.38. The van der Waals surface area contributed by atoms with Gasteiger partial charge in [-0.1, -0.05) is 24.3 Å². The molecule has 0 radical (unpaired) electrons. The minimum Gasteiger partial charge on any atom is -0.485 e. The second-order valence-corrected chi connectivity index (χ2v) is 6.77. The molecule has 7 heteroatoms. The first-order valence-electron chi connectivity index (χ1n) is 9.27. The SMILES string of the molecule is Cc1ccc2nc(COc3ccccc3NC(=O)c3cccc(F)c3)cc(=O)n2c1. The minimum atomic E-state index is -0.490. The van der Waals surface area contributed by atoms with E-state index in [1.54, 1.807) is 36.5 Å². The Bertz CT molecular complexity index is 1300. The molecule has 4 aromatic rings. The topological polar surface area (TPSA) is 72.7 Å². The van der Waals surface area contributed by atoms with Crippen LogP contribution < -0.4 is 15.6 Å². The maximum atomic E-state index is 13.4. The van der Waals surface area contributed by atoms with Gasteiger partial charge in [0.25, 0.3) is 11.5 Å². The monoisotopic (exact) mass is 403 g/mol. The van der Waals surface area contributed by atoms with Gasteiger partial charge >= 0.3 is 0 Å². The van der Waals surface area contributed by atoms with Gasteiger partial charge in [-0.25, -0.2) is 9.37 Å². The number of halogens is 1. The Balaban J connectivity index is 1.53. The fourth-order valence-corrected chi connectivity index (χ4v) is 3.00. The van der Waals surface area contributed by atoms with Crippen LogP contribution in [0.2, 0.25) is 0 Å². The summed E-state index contributed by atoms with van der Waals surface area (Å²) < 4.78 is 20.7. The maximum Gasteiger partial charge on any atom is 0.258 e. The number of hydrogen-bond donors (Lipinski definition) is 1. The summed E-state index contributed by atoms with van der Waals surface area (Å²) in [5.74, 6) is -0.535. The number of carbonyl (C=O) groups is 1. The summed E-state index contributed by atoms with van der Waals surface area (Å²) in [5, 5.41) is 2.72. The predicted octanol–water partition coefficient (Wildman–Crippen LogP) is 3.97. The maximum absolute atomic E-state index is 13.4. The van der Waals surface area contributed by atoms with E-state index >= 15 is 0 Å². The molecule has 0 aliphatic carbocycles. The second kappa shape index (κ2) is 8.16. The number of aromatic nitrogens is 2. The van der Waals surface area contributed by atoms with E-state index in [0.717, 1.165) is 11.6 Å². The zero-order valence-corrected chi connectivity index (χ0v) is 16.1. The van der Waals surface area contributed by atoms with Crippen molar-refractivity contribution in [3.63, 3.8) is 0 Å². The molecular formula is C23H18FN3O3. The van der Waals surface area contributed by atoms with Crippen LogP contribution in [0.5, 0.6) is 5.75 Å². The molecule has 2 heterocycles. The van der Waals surface area contributed by atoms with Crippen LogP contribution in [0.1, 0.15) is 21.6 Å². The molecule has 1 amide bonds. The highest BCUT2D eigenvalue weighted by Gasteiger charge is 2.11. The Hall–Kier alpha value is -4.00. The fraction of sp³-hybridized carbons (Fsp3) is 0.0870. The molecule has 4 rings (SSSR count). The third-order valence-electron chi connectivity index (χ3n) is 4.46. The van der Waals surface area contributed by atoms with Crippen LogP contribution >= 0.6 is 0 Å². The Morgan fingerprint density at radius 3 is 2.77 bits per heavy atom. The number of fused-ring (bicyclic) bond motifs is 1. The lowest BCUT2D eigenvalue weighted by Crippen LogP contribution is -2.17. The Morgan fingerprint density at radius 2 is 1.93 bits per heavy atom. The van der Waals surface area contributed by atoms with E-state index < -0.39 is 11.7 Å². The van der Waals surface area contributed by atoms with Crippen molar-refractivity contribution < 1.29 is 13.9 Å². The number of carbonyl (C=O) groups excluding carboxylic acids is 1. The van der Waals surface area contributed by atoms with Crippen LogP contribution in [-0.2, 0) is 6.61 Å². The van der Waals surface area contributed by atoms with Crippen molar-refractivity contribution in [2.45, 2.75) is 13.5 Å². The molecule has 0 aliphatic rings. The van der Waals surface area contributed by atoms with Crippen molar-refractivity contribution >= 4 is 17.2 Å². The number of benzene rings is 2.